The van der Waals surface area contributed by atoms with E-state index in [1.165, 1.54) is 6.08 Å². The predicted octanol–water partition coefficient (Wildman–Crippen LogP) is 3.63. The van der Waals surface area contributed by atoms with Crippen LogP contribution in [0.25, 0.3) is 6.08 Å². The van der Waals surface area contributed by atoms with Crippen LogP contribution in [0, 0.1) is 0 Å². The van der Waals surface area contributed by atoms with Gasteiger partial charge in [0.1, 0.15) is 5.60 Å². The molecule has 102 valence electrons. The Labute approximate surface area is 114 Å². The zero-order chi connectivity index (χ0) is 14.5. The fourth-order valence-electron chi connectivity index (χ4n) is 1.48. The van der Waals surface area contributed by atoms with Gasteiger partial charge in [0.15, 0.2) is 5.78 Å². The van der Waals surface area contributed by atoms with Crippen LogP contribution in [0.2, 0.25) is 0 Å². The van der Waals surface area contributed by atoms with Gasteiger partial charge in [-0.3, -0.25) is 4.79 Å². The van der Waals surface area contributed by atoms with Gasteiger partial charge in [0.05, 0.1) is 0 Å². The number of esters is 1. The predicted molar refractivity (Wildman–Crippen MR) is 75.9 cm³/mol. The summed E-state index contributed by atoms with van der Waals surface area (Å²) in [5, 5.41) is 0. The van der Waals surface area contributed by atoms with Gasteiger partial charge >= 0.3 is 5.97 Å². The summed E-state index contributed by atoms with van der Waals surface area (Å²) >= 11 is 0. The first-order valence-electron chi connectivity index (χ1n) is 6.36. The van der Waals surface area contributed by atoms with Gasteiger partial charge < -0.3 is 4.74 Å². The fraction of sp³-hybridized carbons (Fsp3) is 0.375. The molecule has 1 aromatic carbocycles. The van der Waals surface area contributed by atoms with Gasteiger partial charge in [0, 0.05) is 18.1 Å². The van der Waals surface area contributed by atoms with Crippen molar-refractivity contribution >= 4 is 17.8 Å². The van der Waals surface area contributed by atoms with Crippen LogP contribution < -0.4 is 0 Å². The minimum absolute atomic E-state index is 0.114. The molecular weight excluding hydrogens is 240 g/mol. The molecule has 1 rings (SSSR count). The van der Waals surface area contributed by atoms with Gasteiger partial charge in [-0.1, -0.05) is 31.2 Å². The number of ether oxygens (including phenoxy) is 1. The Balaban J connectivity index is 2.68. The smallest absolute Gasteiger partial charge is 0.331 e. The first-order valence-corrected chi connectivity index (χ1v) is 6.36. The summed E-state index contributed by atoms with van der Waals surface area (Å²) in [5.74, 6) is -0.260. The van der Waals surface area contributed by atoms with Crippen molar-refractivity contribution in [3.05, 3.63) is 41.5 Å². The summed E-state index contributed by atoms with van der Waals surface area (Å²) in [6, 6.07) is 7.15. The third-order valence-corrected chi connectivity index (χ3v) is 2.37. The average molecular weight is 260 g/mol. The standard InChI is InChI=1S/C16H20O3/c1-5-14(17)13-9-6-12(7-10-13)8-11-15(18)19-16(2,3)4/h6-11H,5H2,1-4H3. The molecule has 0 N–H and O–H groups in total. The monoisotopic (exact) mass is 260 g/mol. The normalized spacial score (nSPS) is 11.6. The molecular formula is C16H20O3. The van der Waals surface area contributed by atoms with Crippen molar-refractivity contribution in [2.75, 3.05) is 0 Å². The molecule has 0 spiro atoms. The molecule has 0 aliphatic carbocycles. The number of hydrogen-bond acceptors (Lipinski definition) is 3. The molecule has 0 saturated carbocycles. The first-order chi connectivity index (χ1) is 8.81. The molecule has 0 aliphatic rings. The minimum Gasteiger partial charge on any atom is -0.457 e. The zero-order valence-electron chi connectivity index (χ0n) is 11.9. The van der Waals surface area contributed by atoms with Crippen molar-refractivity contribution in [3.63, 3.8) is 0 Å². The van der Waals surface area contributed by atoms with Gasteiger partial charge in [-0.25, -0.2) is 4.79 Å². The average Bonchev–Trinajstić information content (AvgIpc) is 2.34. The number of hydrogen-bond donors (Lipinski definition) is 0. The van der Waals surface area contributed by atoms with E-state index in [0.717, 1.165) is 5.56 Å². The van der Waals surface area contributed by atoms with E-state index < -0.39 is 5.60 Å². The quantitative estimate of drug-likeness (QED) is 0.471. The van der Waals surface area contributed by atoms with Crippen molar-refractivity contribution in [1.29, 1.82) is 0 Å². The molecule has 0 atom stereocenters. The van der Waals surface area contributed by atoms with Crippen LogP contribution in [0.5, 0.6) is 0 Å². The molecule has 0 unspecified atom stereocenters. The van der Waals surface area contributed by atoms with Crippen LogP contribution in [-0.4, -0.2) is 17.4 Å². The first kappa shape index (κ1) is 15.2. The van der Waals surface area contributed by atoms with Gasteiger partial charge in [0.25, 0.3) is 0 Å². The highest BCUT2D eigenvalue weighted by Crippen LogP contribution is 2.10. The van der Waals surface area contributed by atoms with Crippen LogP contribution in [-0.2, 0) is 9.53 Å². The van der Waals surface area contributed by atoms with E-state index in [2.05, 4.69) is 0 Å². The highest BCUT2D eigenvalue weighted by Gasteiger charge is 2.13. The molecule has 0 amide bonds. The largest absolute Gasteiger partial charge is 0.457 e. The van der Waals surface area contributed by atoms with Crippen molar-refractivity contribution in [3.8, 4) is 0 Å². The maximum absolute atomic E-state index is 11.5. The van der Waals surface area contributed by atoms with Gasteiger partial charge in [-0.2, -0.15) is 0 Å². The minimum atomic E-state index is -0.487. The van der Waals surface area contributed by atoms with Gasteiger partial charge in [0.2, 0.25) is 0 Å². The summed E-state index contributed by atoms with van der Waals surface area (Å²) < 4.78 is 5.16. The lowest BCUT2D eigenvalue weighted by atomic mass is 10.1. The molecule has 0 aromatic heterocycles. The number of carbonyl (C=O) groups is 2. The molecule has 0 fully saturated rings. The van der Waals surface area contributed by atoms with E-state index in [9.17, 15) is 9.59 Å². The lowest BCUT2D eigenvalue weighted by Gasteiger charge is -2.17. The summed E-state index contributed by atoms with van der Waals surface area (Å²) in [6.07, 6.45) is 3.56. The molecule has 3 nitrogen and oxygen atoms in total. The molecule has 1 aromatic rings. The van der Waals surface area contributed by atoms with Crippen molar-refractivity contribution in [2.45, 2.75) is 39.7 Å². The number of carbonyl (C=O) groups excluding carboxylic acids is 2. The van der Waals surface area contributed by atoms with E-state index in [1.54, 1.807) is 18.2 Å². The molecule has 0 saturated heterocycles. The van der Waals surface area contributed by atoms with Crippen LogP contribution in [0.3, 0.4) is 0 Å². The Morgan fingerprint density at radius 1 is 1.16 bits per heavy atom. The molecule has 0 heterocycles. The number of benzene rings is 1. The molecule has 0 aliphatic heterocycles. The van der Waals surface area contributed by atoms with Crippen LogP contribution in [0.4, 0.5) is 0 Å². The fourth-order valence-corrected chi connectivity index (χ4v) is 1.48. The van der Waals surface area contributed by atoms with E-state index in [1.807, 2.05) is 39.8 Å². The molecule has 0 radical (unpaired) electrons. The number of Topliss-reactive ketones (excluding diaryl/α,β-unsaturated/α-hetero) is 1. The summed E-state index contributed by atoms with van der Waals surface area (Å²) in [5.41, 5.74) is 1.06. The Morgan fingerprint density at radius 2 is 1.74 bits per heavy atom. The highest BCUT2D eigenvalue weighted by molar-refractivity contribution is 5.96. The zero-order valence-corrected chi connectivity index (χ0v) is 11.9. The number of rotatable bonds is 4. The second-order valence-corrected chi connectivity index (χ2v) is 5.27. The van der Waals surface area contributed by atoms with Gasteiger partial charge in [-0.05, 0) is 32.4 Å². The van der Waals surface area contributed by atoms with E-state index in [0.29, 0.717) is 12.0 Å². The maximum Gasteiger partial charge on any atom is 0.331 e. The Hall–Kier alpha value is -1.90. The Bertz CT molecular complexity index is 476. The van der Waals surface area contributed by atoms with E-state index in [4.69, 9.17) is 4.74 Å². The lowest BCUT2D eigenvalue weighted by Crippen LogP contribution is -2.22. The van der Waals surface area contributed by atoms with E-state index >= 15 is 0 Å². The number of ketones is 1. The SMILES string of the molecule is CCC(=O)c1ccc(C=CC(=O)OC(C)(C)C)cc1. The van der Waals surface area contributed by atoms with Crippen molar-refractivity contribution in [2.24, 2.45) is 0 Å². The third-order valence-electron chi connectivity index (χ3n) is 2.37. The van der Waals surface area contributed by atoms with E-state index in [-0.39, 0.29) is 11.8 Å². The van der Waals surface area contributed by atoms with Crippen molar-refractivity contribution < 1.29 is 14.3 Å². The summed E-state index contributed by atoms with van der Waals surface area (Å²) in [4.78, 5) is 22.9. The molecule has 19 heavy (non-hydrogen) atoms. The Morgan fingerprint density at radius 3 is 2.21 bits per heavy atom. The van der Waals surface area contributed by atoms with Crippen LogP contribution >= 0.6 is 0 Å². The van der Waals surface area contributed by atoms with Crippen LogP contribution in [0.1, 0.15) is 50.0 Å². The summed E-state index contributed by atoms with van der Waals surface area (Å²) in [7, 11) is 0. The molecule has 3 heteroatoms. The summed E-state index contributed by atoms with van der Waals surface area (Å²) in [6.45, 7) is 7.30. The third kappa shape index (κ3) is 5.51. The van der Waals surface area contributed by atoms with Crippen LogP contribution in [0.15, 0.2) is 30.3 Å². The Kier molecular flexibility index (Phi) is 5.04. The second kappa shape index (κ2) is 6.32. The maximum atomic E-state index is 11.5. The lowest BCUT2D eigenvalue weighted by molar-refractivity contribution is -0.148. The van der Waals surface area contributed by atoms with Gasteiger partial charge in [-0.15, -0.1) is 0 Å². The topological polar surface area (TPSA) is 43.4 Å². The van der Waals surface area contributed by atoms with Crippen molar-refractivity contribution in [1.82, 2.24) is 0 Å². The highest BCUT2D eigenvalue weighted by atomic mass is 16.6. The second-order valence-electron chi connectivity index (χ2n) is 5.27. The molecule has 0 bridgehead atoms.